The highest BCUT2D eigenvalue weighted by molar-refractivity contribution is 7.86. The lowest BCUT2D eigenvalue weighted by Crippen LogP contribution is -2.12. The van der Waals surface area contributed by atoms with Gasteiger partial charge in [-0.3, -0.25) is 9.35 Å². The first-order chi connectivity index (χ1) is 17.5. The predicted octanol–water partition coefficient (Wildman–Crippen LogP) is 7.08. The Labute approximate surface area is 222 Å². The molecule has 0 aliphatic heterocycles. The minimum Gasteiger partial charge on any atom is -0.505 e. The van der Waals surface area contributed by atoms with E-state index in [0.717, 1.165) is 0 Å². The van der Waals surface area contributed by atoms with Crippen molar-refractivity contribution in [1.29, 1.82) is 0 Å². The van der Waals surface area contributed by atoms with Crippen LogP contribution in [0.3, 0.4) is 0 Å². The van der Waals surface area contributed by atoms with Crippen molar-refractivity contribution in [2.24, 2.45) is 10.2 Å². The number of aromatic hydroxyl groups is 1. The molecule has 9 nitrogen and oxygen atoms in total. The van der Waals surface area contributed by atoms with Gasteiger partial charge in [-0.05, 0) is 48.2 Å². The first-order valence-electron chi connectivity index (χ1n) is 10.6. The van der Waals surface area contributed by atoms with Crippen LogP contribution in [0.1, 0.15) is 15.9 Å². The van der Waals surface area contributed by atoms with Crippen LogP contribution in [0.5, 0.6) is 11.5 Å². The van der Waals surface area contributed by atoms with Crippen LogP contribution >= 0.6 is 23.2 Å². The fourth-order valence-electron chi connectivity index (χ4n) is 3.63. The van der Waals surface area contributed by atoms with Gasteiger partial charge in [0, 0.05) is 5.39 Å². The van der Waals surface area contributed by atoms with Gasteiger partial charge >= 0.3 is 0 Å². The SMILES string of the molecule is COc1cccc(NC(=O)c2cc3ccccc3c(N=Nc3cc(C)cc(S(=O)(=O)O)c3Cl)c2O)c1Cl. The molecule has 0 radical (unpaired) electrons. The number of fused-ring (bicyclic) bond motifs is 1. The molecule has 1 amide bonds. The molecule has 0 atom stereocenters. The number of ether oxygens (including phenoxy) is 1. The first kappa shape index (κ1) is 26.4. The van der Waals surface area contributed by atoms with E-state index in [9.17, 15) is 22.9 Å². The molecule has 0 unspecified atom stereocenters. The molecule has 0 aliphatic rings. The number of aryl methyl sites for hydroxylation is 1. The topological polar surface area (TPSA) is 138 Å². The number of nitrogens with zero attached hydrogens (tertiary/aromatic N) is 2. The molecule has 0 aliphatic carbocycles. The molecular formula is C25H19Cl2N3O6S. The average Bonchev–Trinajstić information content (AvgIpc) is 2.85. The van der Waals surface area contributed by atoms with Crippen molar-refractivity contribution in [2.75, 3.05) is 12.4 Å². The summed E-state index contributed by atoms with van der Waals surface area (Å²) in [5.41, 5.74) is 0.497. The Hall–Kier alpha value is -3.70. The number of halogens is 2. The molecule has 0 aromatic heterocycles. The Morgan fingerprint density at radius 2 is 1.73 bits per heavy atom. The number of nitrogens with one attached hydrogen (secondary N) is 1. The lowest BCUT2D eigenvalue weighted by molar-refractivity contribution is 0.102. The smallest absolute Gasteiger partial charge is 0.296 e. The summed E-state index contributed by atoms with van der Waals surface area (Å²) >= 11 is 12.4. The van der Waals surface area contributed by atoms with Crippen LogP contribution in [-0.4, -0.2) is 31.1 Å². The first-order valence-corrected chi connectivity index (χ1v) is 12.8. The standard InChI is InChI=1S/C25H19Cl2N3O6S/c1-13-10-18(22(27)20(11-13)37(33,34)35)29-30-23-15-7-4-3-6-14(15)12-16(24(23)31)25(32)28-17-8-5-9-19(36-2)21(17)26/h3-12,31H,1-2H3,(H,28,32)(H,33,34,35). The number of hydrogen-bond donors (Lipinski definition) is 3. The largest absolute Gasteiger partial charge is 0.505 e. The van der Waals surface area contributed by atoms with Crippen LogP contribution < -0.4 is 10.1 Å². The summed E-state index contributed by atoms with van der Waals surface area (Å²) in [6, 6.07) is 15.9. The fourth-order valence-corrected chi connectivity index (χ4v) is 4.98. The van der Waals surface area contributed by atoms with Gasteiger partial charge in [-0.15, -0.1) is 10.2 Å². The van der Waals surface area contributed by atoms with Crippen molar-refractivity contribution in [3.05, 3.63) is 81.8 Å². The molecule has 4 rings (SSSR count). The van der Waals surface area contributed by atoms with E-state index >= 15 is 0 Å². The van der Waals surface area contributed by atoms with E-state index in [1.54, 1.807) is 49.4 Å². The average molecular weight is 560 g/mol. The van der Waals surface area contributed by atoms with E-state index in [0.29, 0.717) is 22.1 Å². The molecule has 0 fully saturated rings. The molecule has 12 heteroatoms. The number of methoxy groups -OCH3 is 1. The van der Waals surface area contributed by atoms with E-state index < -0.39 is 26.7 Å². The van der Waals surface area contributed by atoms with E-state index in [4.69, 9.17) is 27.9 Å². The monoisotopic (exact) mass is 559 g/mol. The molecule has 4 aromatic rings. The molecule has 0 heterocycles. The van der Waals surface area contributed by atoms with E-state index in [1.165, 1.54) is 25.3 Å². The van der Waals surface area contributed by atoms with Crippen LogP contribution in [0, 0.1) is 6.92 Å². The number of rotatable bonds is 6. The fraction of sp³-hybridized carbons (Fsp3) is 0.0800. The molecule has 37 heavy (non-hydrogen) atoms. The maximum absolute atomic E-state index is 13.2. The second-order valence-electron chi connectivity index (χ2n) is 7.89. The van der Waals surface area contributed by atoms with Gasteiger partial charge in [0.25, 0.3) is 16.0 Å². The summed E-state index contributed by atoms with van der Waals surface area (Å²) in [6.45, 7) is 1.59. The lowest BCUT2D eigenvalue weighted by Gasteiger charge is -2.13. The molecule has 0 bridgehead atoms. The summed E-state index contributed by atoms with van der Waals surface area (Å²) in [7, 11) is -3.17. The van der Waals surface area contributed by atoms with Crippen LogP contribution in [0.25, 0.3) is 10.8 Å². The molecule has 3 N–H and O–H groups in total. The van der Waals surface area contributed by atoms with Crippen molar-refractivity contribution >= 4 is 67.1 Å². The summed E-state index contributed by atoms with van der Waals surface area (Å²) in [5.74, 6) is -0.786. The zero-order valence-corrected chi connectivity index (χ0v) is 21.7. The van der Waals surface area contributed by atoms with E-state index in [1.807, 2.05) is 0 Å². The number of carbonyl (C=O) groups excluding carboxylic acids is 1. The normalized spacial score (nSPS) is 11.7. The van der Waals surface area contributed by atoms with Crippen molar-refractivity contribution in [3.8, 4) is 11.5 Å². The van der Waals surface area contributed by atoms with Crippen LogP contribution in [-0.2, 0) is 10.1 Å². The second-order valence-corrected chi connectivity index (χ2v) is 10.0. The Morgan fingerprint density at radius 1 is 1.00 bits per heavy atom. The molecule has 0 saturated heterocycles. The van der Waals surface area contributed by atoms with E-state index in [2.05, 4.69) is 15.5 Å². The van der Waals surface area contributed by atoms with Gasteiger partial charge in [0.2, 0.25) is 0 Å². The quantitative estimate of drug-likeness (QED) is 0.170. The van der Waals surface area contributed by atoms with Gasteiger partial charge < -0.3 is 15.2 Å². The summed E-state index contributed by atoms with van der Waals surface area (Å²) in [6.07, 6.45) is 0. The number of benzene rings is 4. The van der Waals surface area contributed by atoms with Gasteiger partial charge in [-0.25, -0.2) is 0 Å². The minimum atomic E-state index is -4.62. The predicted molar refractivity (Wildman–Crippen MR) is 142 cm³/mol. The zero-order chi connectivity index (χ0) is 26.9. The number of phenols is 1. The number of phenolic OH excluding ortho intramolecular Hbond substituents is 1. The zero-order valence-electron chi connectivity index (χ0n) is 19.4. The van der Waals surface area contributed by atoms with Crippen molar-refractivity contribution in [2.45, 2.75) is 11.8 Å². The third kappa shape index (κ3) is 5.37. The van der Waals surface area contributed by atoms with Gasteiger partial charge in [0.15, 0.2) is 5.75 Å². The minimum absolute atomic E-state index is 0.0500. The highest BCUT2D eigenvalue weighted by Crippen LogP contribution is 2.41. The number of amides is 1. The van der Waals surface area contributed by atoms with Crippen LogP contribution in [0.15, 0.2) is 75.8 Å². The molecular weight excluding hydrogens is 541 g/mol. The van der Waals surface area contributed by atoms with Gasteiger partial charge in [0.1, 0.15) is 27.0 Å². The summed E-state index contributed by atoms with van der Waals surface area (Å²) in [4.78, 5) is 12.6. The number of carbonyl (C=O) groups is 1. The van der Waals surface area contributed by atoms with Crippen molar-refractivity contribution in [3.63, 3.8) is 0 Å². The summed E-state index contributed by atoms with van der Waals surface area (Å²) in [5, 5.41) is 22.7. The second kappa shape index (κ2) is 10.3. The van der Waals surface area contributed by atoms with Crippen LogP contribution in [0.2, 0.25) is 10.0 Å². The van der Waals surface area contributed by atoms with Crippen molar-refractivity contribution in [1.82, 2.24) is 0 Å². The van der Waals surface area contributed by atoms with Gasteiger partial charge in [-0.1, -0.05) is 53.5 Å². The highest BCUT2D eigenvalue weighted by atomic mass is 35.5. The Kier molecular flexibility index (Phi) is 7.37. The van der Waals surface area contributed by atoms with Crippen molar-refractivity contribution < 1.29 is 27.6 Å². The maximum atomic E-state index is 13.2. The highest BCUT2D eigenvalue weighted by Gasteiger charge is 2.21. The Morgan fingerprint density at radius 3 is 2.43 bits per heavy atom. The number of anilines is 1. The lowest BCUT2D eigenvalue weighted by atomic mass is 10.0. The maximum Gasteiger partial charge on any atom is 0.296 e. The molecule has 190 valence electrons. The Bertz CT molecular complexity index is 1690. The Balaban J connectivity index is 1.82. The van der Waals surface area contributed by atoms with Gasteiger partial charge in [-0.2, -0.15) is 8.42 Å². The number of azo groups is 1. The number of hydrogen-bond acceptors (Lipinski definition) is 7. The third-order valence-corrected chi connectivity index (χ3v) is 7.15. The van der Waals surface area contributed by atoms with Crippen LogP contribution in [0.4, 0.5) is 17.1 Å². The summed E-state index contributed by atoms with van der Waals surface area (Å²) < 4.78 is 38.0. The third-order valence-electron chi connectivity index (χ3n) is 5.37. The molecule has 4 aromatic carbocycles. The molecule has 0 saturated carbocycles. The van der Waals surface area contributed by atoms with Gasteiger partial charge in [0.05, 0.1) is 23.4 Å². The van der Waals surface area contributed by atoms with E-state index in [-0.39, 0.29) is 32.7 Å². The molecule has 0 spiro atoms.